The van der Waals surface area contributed by atoms with Crippen LogP contribution in [0.4, 0.5) is 0 Å². The molecular formula is C24H43Cl5OP2Rh. The average Bonchev–Trinajstić information content (AvgIpc) is 2.62. The van der Waals surface area contributed by atoms with Crippen molar-refractivity contribution in [3.63, 3.8) is 0 Å². The number of phenols is 1. The molecule has 1 rings (SSSR count). The molecule has 0 heterocycles. The normalized spacial score (nSPS) is 11.4. The topological polar surface area (TPSA) is 20.2 Å². The summed E-state index contributed by atoms with van der Waals surface area (Å²) in [7, 11) is 0.525. The number of benzene rings is 1. The molecule has 0 aromatic heterocycles. The summed E-state index contributed by atoms with van der Waals surface area (Å²) in [6, 6.07) is 0. The Labute approximate surface area is 244 Å². The first kappa shape index (κ1) is 39.5. The van der Waals surface area contributed by atoms with Crippen molar-refractivity contribution in [2.45, 2.75) is 117 Å². The van der Waals surface area contributed by atoms with E-state index in [0.717, 1.165) is 34.0 Å². The van der Waals surface area contributed by atoms with E-state index in [9.17, 15) is 5.11 Å². The van der Waals surface area contributed by atoms with Gasteiger partial charge in [-0.3, -0.25) is 0 Å². The van der Waals surface area contributed by atoms with Crippen LogP contribution in [0.25, 0.3) is 0 Å². The van der Waals surface area contributed by atoms with Gasteiger partial charge in [-0.1, -0.05) is 157 Å². The largest absolute Gasteiger partial charge is 0.505 e. The van der Waals surface area contributed by atoms with Crippen LogP contribution in [0.3, 0.4) is 0 Å². The summed E-state index contributed by atoms with van der Waals surface area (Å²) in [5.41, 5.74) is 5.39. The minimum absolute atomic E-state index is 0. The van der Waals surface area contributed by atoms with Crippen molar-refractivity contribution in [3.05, 3.63) is 25.1 Å². The van der Waals surface area contributed by atoms with Crippen LogP contribution in [-0.4, -0.2) is 39.1 Å². The first-order valence-corrected chi connectivity index (χ1v) is 16.1. The van der Waals surface area contributed by atoms with Crippen molar-refractivity contribution in [2.24, 2.45) is 0 Å². The summed E-state index contributed by atoms with van der Waals surface area (Å²) in [5, 5.41) is 9.01. The second-order valence-electron chi connectivity index (χ2n) is 9.38. The van der Waals surface area contributed by atoms with Gasteiger partial charge in [-0.2, -0.15) is 0 Å². The number of rotatable bonds is 6. The van der Waals surface area contributed by atoms with Gasteiger partial charge in [0.2, 0.25) is 0 Å². The Kier molecular flexibility index (Phi) is 22.8. The van der Waals surface area contributed by atoms with E-state index in [2.05, 4.69) is 83.1 Å². The van der Waals surface area contributed by atoms with E-state index in [1.54, 1.807) is 0 Å². The summed E-state index contributed by atoms with van der Waals surface area (Å²) in [6.07, 6.45) is 0. The van der Waals surface area contributed by atoms with E-state index >= 15 is 0 Å². The van der Waals surface area contributed by atoms with Crippen molar-refractivity contribution in [2.75, 3.05) is 0 Å². The van der Waals surface area contributed by atoms with Gasteiger partial charge < -0.3 is 5.11 Å². The molecule has 0 saturated heterocycles. The van der Waals surface area contributed by atoms with Gasteiger partial charge in [-0.05, 0) is 34.0 Å². The maximum absolute atomic E-state index is 9.20. The third kappa shape index (κ3) is 13.9. The number of halogens is 5. The molecule has 1 aromatic carbocycles. The Morgan fingerprint density at radius 3 is 0.697 bits per heavy atom. The Bertz CT molecular complexity index is 516. The van der Waals surface area contributed by atoms with E-state index < -0.39 is 0 Å². The van der Waals surface area contributed by atoms with Gasteiger partial charge in [0, 0.05) is 19.5 Å². The van der Waals surface area contributed by atoms with Crippen LogP contribution >= 0.6 is 73.8 Å². The number of hydrogen-bond acceptors (Lipinski definition) is 1. The first-order valence-electron chi connectivity index (χ1n) is 11.1. The van der Waals surface area contributed by atoms with Crippen molar-refractivity contribution in [3.8, 4) is 5.75 Å². The van der Waals surface area contributed by atoms with Crippen LogP contribution in [0.15, 0.2) is 0 Å². The fourth-order valence-electron chi connectivity index (χ4n) is 4.17. The van der Waals surface area contributed by atoms with Crippen LogP contribution in [0.2, 0.25) is 25.1 Å². The van der Waals surface area contributed by atoms with Crippen LogP contribution in [0, 0.1) is 0 Å². The predicted octanol–water partition coefficient (Wildman–Crippen LogP) is 12.0. The summed E-state index contributed by atoms with van der Waals surface area (Å²) >= 11 is 27.9. The molecule has 1 radical (unpaired) electrons. The van der Waals surface area contributed by atoms with Gasteiger partial charge in [-0.15, -0.1) is 0 Å². The summed E-state index contributed by atoms with van der Waals surface area (Å²) in [4.78, 5) is 0. The maximum atomic E-state index is 9.20. The molecule has 0 aliphatic heterocycles. The van der Waals surface area contributed by atoms with Gasteiger partial charge in [0.25, 0.3) is 0 Å². The molecular weight excluding hydrogens is 646 g/mol. The van der Waals surface area contributed by atoms with Gasteiger partial charge in [-0.25, -0.2) is 0 Å². The molecule has 0 fully saturated rings. The monoisotopic (exact) mass is 687 g/mol. The SMILES string of the molecule is CC(C)P(C(C)C)C(C)C.CC(C)P(C(C)C)C(C)C.Oc1c(Cl)c(Cl)c(Cl)c(Cl)c1Cl.[Rh]. The fraction of sp³-hybridized carbons (Fsp3) is 0.750. The zero-order valence-corrected chi connectivity index (χ0v) is 29.2. The van der Waals surface area contributed by atoms with Gasteiger partial charge >= 0.3 is 0 Å². The molecule has 0 spiro atoms. The summed E-state index contributed by atoms with van der Waals surface area (Å²) in [5.74, 6) is -0.363. The van der Waals surface area contributed by atoms with Crippen LogP contribution in [0.1, 0.15) is 83.1 Å². The molecule has 0 aliphatic rings. The number of phenolic OH excluding ortho intramolecular Hbond substituents is 1. The molecule has 1 aromatic rings. The molecule has 9 heteroatoms. The van der Waals surface area contributed by atoms with Crippen molar-refractivity contribution in [1.82, 2.24) is 0 Å². The third-order valence-electron chi connectivity index (χ3n) is 4.76. The zero-order valence-electron chi connectivity index (χ0n) is 22.0. The molecule has 0 saturated carbocycles. The van der Waals surface area contributed by atoms with Crippen LogP contribution < -0.4 is 0 Å². The van der Waals surface area contributed by atoms with E-state index in [1.807, 2.05) is 0 Å². The van der Waals surface area contributed by atoms with Crippen molar-refractivity contribution >= 4 is 73.8 Å². The molecule has 0 aliphatic carbocycles. The van der Waals surface area contributed by atoms with Gasteiger partial charge in [0.15, 0.2) is 5.75 Å². The van der Waals surface area contributed by atoms with Gasteiger partial charge in [0.05, 0.1) is 15.1 Å². The number of aromatic hydroxyl groups is 1. The molecule has 33 heavy (non-hydrogen) atoms. The van der Waals surface area contributed by atoms with Crippen LogP contribution in [-0.2, 0) is 19.5 Å². The predicted molar refractivity (Wildman–Crippen MR) is 158 cm³/mol. The van der Waals surface area contributed by atoms with Crippen LogP contribution in [0.5, 0.6) is 5.75 Å². The summed E-state index contributed by atoms with van der Waals surface area (Å²) in [6.45, 7) is 28.2. The molecule has 0 amide bonds. The molecule has 1 N–H and O–H groups in total. The molecule has 199 valence electrons. The third-order valence-corrected chi connectivity index (χ3v) is 14.2. The molecule has 1 nitrogen and oxygen atoms in total. The molecule has 0 bridgehead atoms. The Balaban J connectivity index is -0.000000406. The Morgan fingerprint density at radius 2 is 0.576 bits per heavy atom. The van der Waals surface area contributed by atoms with Crippen molar-refractivity contribution in [1.29, 1.82) is 0 Å². The van der Waals surface area contributed by atoms with E-state index in [1.165, 1.54) is 0 Å². The smallest absolute Gasteiger partial charge is 0.155 e. The fourth-order valence-corrected chi connectivity index (χ4v) is 12.5. The second kappa shape index (κ2) is 19.1. The standard InChI is InChI=1S/2C9H21P.C6HCl5O.Rh/c2*1-7(2)10(8(3)4)9(5)6;7-1-2(8)4(10)6(12)5(11)3(1)9;/h2*7-9H,1-6H3;12H;. The molecule has 0 unspecified atom stereocenters. The van der Waals surface area contributed by atoms with E-state index in [4.69, 9.17) is 58.0 Å². The van der Waals surface area contributed by atoms with Crippen molar-refractivity contribution < 1.29 is 24.6 Å². The zero-order chi connectivity index (χ0) is 26.1. The quantitative estimate of drug-likeness (QED) is 0.136. The maximum Gasteiger partial charge on any atom is 0.155 e. The minimum atomic E-state index is -0.363. The average molecular weight is 690 g/mol. The second-order valence-corrected chi connectivity index (χ2v) is 19.3. The number of hydrogen-bond donors (Lipinski definition) is 1. The Morgan fingerprint density at radius 1 is 0.424 bits per heavy atom. The summed E-state index contributed by atoms with van der Waals surface area (Å²) < 4.78 is 0. The molecule has 0 atom stereocenters. The Hall–Kier alpha value is 1.95. The first-order chi connectivity index (χ1) is 14.4. The van der Waals surface area contributed by atoms with E-state index in [0.29, 0.717) is 0 Å². The minimum Gasteiger partial charge on any atom is -0.505 e. The van der Waals surface area contributed by atoms with E-state index in [-0.39, 0.29) is 66.2 Å². The van der Waals surface area contributed by atoms with Gasteiger partial charge in [0.1, 0.15) is 10.0 Å².